The average molecular weight is 391 g/mol. The SMILES string of the molecule is COc1ccc(S(=O)(=O)NC(N)=[NH+]CCc2c[nH]c3ccccc23)cc1F. The fourth-order valence-electron chi connectivity index (χ4n) is 2.72. The number of nitrogens with two attached hydrogens (primary N) is 1. The van der Waals surface area contributed by atoms with E-state index in [0.29, 0.717) is 13.0 Å². The van der Waals surface area contributed by atoms with Crippen molar-refractivity contribution in [3.63, 3.8) is 0 Å². The Kier molecular flexibility index (Phi) is 5.31. The molecule has 142 valence electrons. The molecule has 0 aliphatic carbocycles. The number of rotatable bonds is 6. The number of fused-ring (bicyclic) bond motifs is 1. The van der Waals surface area contributed by atoms with E-state index in [1.165, 1.54) is 19.2 Å². The lowest BCUT2D eigenvalue weighted by atomic mass is 10.1. The molecule has 0 spiro atoms. The molecule has 0 amide bonds. The van der Waals surface area contributed by atoms with Crippen LogP contribution in [0.5, 0.6) is 5.75 Å². The maximum absolute atomic E-state index is 13.7. The van der Waals surface area contributed by atoms with Gasteiger partial charge in [0, 0.05) is 23.5 Å². The van der Waals surface area contributed by atoms with Crippen LogP contribution in [-0.2, 0) is 16.4 Å². The second-order valence-electron chi connectivity index (χ2n) is 5.85. The number of ether oxygens (including phenoxy) is 1. The first-order valence-corrected chi connectivity index (χ1v) is 9.66. The van der Waals surface area contributed by atoms with E-state index in [9.17, 15) is 12.8 Å². The molecular weight excluding hydrogens is 371 g/mol. The van der Waals surface area contributed by atoms with Crippen LogP contribution < -0.4 is 20.2 Å². The minimum absolute atomic E-state index is 0.0391. The lowest BCUT2D eigenvalue weighted by Crippen LogP contribution is -2.79. The molecule has 0 atom stereocenters. The van der Waals surface area contributed by atoms with Crippen LogP contribution in [0.4, 0.5) is 4.39 Å². The Morgan fingerprint density at radius 1 is 1.30 bits per heavy atom. The highest BCUT2D eigenvalue weighted by molar-refractivity contribution is 7.90. The maximum atomic E-state index is 13.7. The topological polar surface area (TPSA) is 111 Å². The van der Waals surface area contributed by atoms with Gasteiger partial charge in [-0.15, -0.1) is 0 Å². The zero-order chi connectivity index (χ0) is 19.4. The summed E-state index contributed by atoms with van der Waals surface area (Å²) in [6.07, 6.45) is 2.55. The van der Waals surface area contributed by atoms with Gasteiger partial charge < -0.3 is 9.72 Å². The Morgan fingerprint density at radius 2 is 2.07 bits per heavy atom. The summed E-state index contributed by atoms with van der Waals surface area (Å²) in [6, 6.07) is 11.2. The predicted molar refractivity (Wildman–Crippen MR) is 100 cm³/mol. The number of methoxy groups -OCH3 is 1. The van der Waals surface area contributed by atoms with Crippen LogP contribution >= 0.6 is 0 Å². The number of aromatic nitrogens is 1. The number of hydrogen-bond acceptors (Lipinski definition) is 3. The van der Waals surface area contributed by atoms with Gasteiger partial charge in [-0.1, -0.05) is 18.2 Å². The molecule has 1 heterocycles. The number of nitrogens with one attached hydrogen (secondary N) is 3. The third kappa shape index (κ3) is 4.20. The highest BCUT2D eigenvalue weighted by Crippen LogP contribution is 2.20. The highest BCUT2D eigenvalue weighted by Gasteiger charge is 2.21. The van der Waals surface area contributed by atoms with Gasteiger partial charge in [0.1, 0.15) is 4.90 Å². The van der Waals surface area contributed by atoms with E-state index >= 15 is 0 Å². The predicted octanol–water partition coefficient (Wildman–Crippen LogP) is 0.232. The number of hydrogen-bond donors (Lipinski definition) is 4. The van der Waals surface area contributed by atoms with Crippen molar-refractivity contribution in [3.8, 4) is 5.75 Å². The van der Waals surface area contributed by atoms with E-state index in [0.717, 1.165) is 22.5 Å². The molecular formula is C18H20FN4O3S+. The first-order chi connectivity index (χ1) is 12.9. The van der Waals surface area contributed by atoms with Crippen molar-refractivity contribution in [2.24, 2.45) is 5.73 Å². The minimum atomic E-state index is -4.00. The third-order valence-corrected chi connectivity index (χ3v) is 5.43. The van der Waals surface area contributed by atoms with Crippen LogP contribution in [0.15, 0.2) is 53.6 Å². The van der Waals surface area contributed by atoms with Crippen molar-refractivity contribution < 1.29 is 22.5 Å². The highest BCUT2D eigenvalue weighted by atomic mass is 32.2. The van der Waals surface area contributed by atoms with Crippen molar-refractivity contribution in [1.29, 1.82) is 0 Å². The molecule has 0 aliphatic rings. The van der Waals surface area contributed by atoms with Crippen LogP contribution in [0.1, 0.15) is 5.56 Å². The van der Waals surface area contributed by atoms with Crippen LogP contribution in [0, 0.1) is 5.82 Å². The number of aromatic amines is 1. The number of para-hydroxylation sites is 1. The minimum Gasteiger partial charge on any atom is -0.494 e. The van der Waals surface area contributed by atoms with Gasteiger partial charge in [0.05, 0.1) is 13.7 Å². The molecule has 3 rings (SSSR count). The van der Waals surface area contributed by atoms with Gasteiger partial charge >= 0.3 is 16.0 Å². The molecule has 5 N–H and O–H groups in total. The van der Waals surface area contributed by atoms with Crippen molar-refractivity contribution in [2.75, 3.05) is 13.7 Å². The quantitative estimate of drug-likeness (QED) is 0.356. The number of sulfonamides is 1. The van der Waals surface area contributed by atoms with Gasteiger partial charge in [-0.3, -0.25) is 10.7 Å². The molecule has 2 aromatic carbocycles. The second kappa shape index (κ2) is 7.67. The fourth-order valence-corrected chi connectivity index (χ4v) is 3.71. The van der Waals surface area contributed by atoms with E-state index < -0.39 is 15.8 Å². The number of H-pyrrole nitrogens is 1. The first kappa shape index (κ1) is 18.7. The van der Waals surface area contributed by atoms with Crippen molar-refractivity contribution >= 4 is 26.9 Å². The van der Waals surface area contributed by atoms with E-state index in [2.05, 4.69) is 14.7 Å². The second-order valence-corrected chi connectivity index (χ2v) is 7.53. The lowest BCUT2D eigenvalue weighted by Gasteiger charge is -2.05. The lowest BCUT2D eigenvalue weighted by molar-refractivity contribution is -0.458. The van der Waals surface area contributed by atoms with E-state index in [-0.39, 0.29) is 16.6 Å². The van der Waals surface area contributed by atoms with Gasteiger partial charge in [0.25, 0.3) is 0 Å². The van der Waals surface area contributed by atoms with Crippen molar-refractivity contribution in [3.05, 3.63) is 60.0 Å². The van der Waals surface area contributed by atoms with E-state index in [1.54, 1.807) is 0 Å². The molecule has 0 bridgehead atoms. The molecule has 0 saturated heterocycles. The summed E-state index contributed by atoms with van der Waals surface area (Å²) in [7, 11) is -2.70. The van der Waals surface area contributed by atoms with Gasteiger partial charge in [-0.2, -0.15) is 13.1 Å². The molecule has 9 heteroatoms. The van der Waals surface area contributed by atoms with Crippen LogP contribution in [-0.4, -0.2) is 33.0 Å². The van der Waals surface area contributed by atoms with Gasteiger partial charge in [-0.25, -0.2) is 4.39 Å². The first-order valence-electron chi connectivity index (χ1n) is 8.18. The maximum Gasteiger partial charge on any atom is 0.356 e. The Hall–Kier alpha value is -3.07. The van der Waals surface area contributed by atoms with Crippen molar-refractivity contribution in [1.82, 2.24) is 9.71 Å². The summed E-state index contributed by atoms with van der Waals surface area (Å²) in [6.45, 7) is 0.424. The molecule has 0 aliphatic heterocycles. The Bertz CT molecular complexity index is 1090. The Morgan fingerprint density at radius 3 is 2.81 bits per heavy atom. The largest absolute Gasteiger partial charge is 0.494 e. The van der Waals surface area contributed by atoms with E-state index in [4.69, 9.17) is 10.5 Å². The molecule has 0 saturated carbocycles. The molecule has 0 unspecified atom stereocenters. The van der Waals surface area contributed by atoms with Gasteiger partial charge in [0.2, 0.25) is 0 Å². The van der Waals surface area contributed by atoms with Crippen molar-refractivity contribution in [2.45, 2.75) is 11.3 Å². The Labute approximate surface area is 156 Å². The summed E-state index contributed by atoms with van der Waals surface area (Å²) in [4.78, 5) is 5.75. The molecule has 27 heavy (non-hydrogen) atoms. The molecule has 7 nitrogen and oxygen atoms in total. The van der Waals surface area contributed by atoms with Crippen LogP contribution in [0.3, 0.4) is 0 Å². The fraction of sp³-hybridized carbons (Fsp3) is 0.167. The van der Waals surface area contributed by atoms with Crippen LogP contribution in [0.25, 0.3) is 10.9 Å². The van der Waals surface area contributed by atoms with E-state index in [1.807, 2.05) is 30.5 Å². The molecule has 1 aromatic heterocycles. The number of benzene rings is 2. The summed E-state index contributed by atoms with van der Waals surface area (Å²) in [5.74, 6) is -0.944. The molecule has 3 aromatic rings. The molecule has 0 radical (unpaired) electrons. The summed E-state index contributed by atoms with van der Waals surface area (Å²) < 4.78 is 45.3. The zero-order valence-corrected chi connectivity index (χ0v) is 15.4. The standard InChI is InChI=1S/C18H19FN4O3S/c1-26-17-7-6-13(10-15(17)19)27(24,25)23-18(20)21-9-8-12-11-22-16-5-3-2-4-14(12)16/h2-7,10-11,22H,8-9H2,1H3,(H3,20,21,23)/p+1. The Balaban J connectivity index is 1.66. The number of guanidine groups is 1. The normalized spacial score (nSPS) is 12.3. The summed E-state index contributed by atoms with van der Waals surface area (Å²) in [5, 5.41) is 1.10. The summed E-state index contributed by atoms with van der Waals surface area (Å²) in [5.41, 5.74) is 7.86. The summed E-state index contributed by atoms with van der Waals surface area (Å²) >= 11 is 0. The van der Waals surface area contributed by atoms with Gasteiger partial charge in [-0.05, 0) is 29.8 Å². The average Bonchev–Trinajstić information content (AvgIpc) is 3.04. The smallest absolute Gasteiger partial charge is 0.356 e. The van der Waals surface area contributed by atoms with Crippen LogP contribution in [0.2, 0.25) is 0 Å². The zero-order valence-electron chi connectivity index (χ0n) is 14.6. The number of halogens is 1. The molecule has 0 fully saturated rings. The van der Waals surface area contributed by atoms with Gasteiger partial charge in [0.15, 0.2) is 11.6 Å². The monoisotopic (exact) mass is 391 g/mol. The third-order valence-electron chi connectivity index (χ3n) is 4.06.